The summed E-state index contributed by atoms with van der Waals surface area (Å²) in [4.78, 5) is 11.3. The Morgan fingerprint density at radius 3 is 3.08 bits per heavy atom. The third kappa shape index (κ3) is 1.46. The molecule has 2 aliphatic rings. The number of allylic oxidation sites excluding steroid dienone is 3. The molecule has 0 saturated carbocycles. The van der Waals surface area contributed by atoms with Crippen molar-refractivity contribution in [1.29, 1.82) is 0 Å². The average Bonchev–Trinajstić information content (AvgIpc) is 2.08. The largest absolute Gasteiger partial charge is 0.479 e. The Bertz CT molecular complexity index is 304. The number of carbonyl (C=O) groups excluding carboxylic acids is 1. The molecule has 3 heteroatoms. The van der Waals surface area contributed by atoms with Gasteiger partial charge in [0, 0.05) is 0 Å². The lowest BCUT2D eigenvalue weighted by Gasteiger charge is -2.28. The van der Waals surface area contributed by atoms with Crippen LogP contribution in [0.3, 0.4) is 0 Å². The summed E-state index contributed by atoms with van der Waals surface area (Å²) in [6.45, 7) is 3.87. The van der Waals surface area contributed by atoms with Crippen molar-refractivity contribution in [2.75, 3.05) is 0 Å². The number of nitrogens with one attached hydrogen (secondary N) is 1. The Hall–Kier alpha value is -1.25. The maximum atomic E-state index is 11.3. The summed E-state index contributed by atoms with van der Waals surface area (Å²) in [7, 11) is 0. The Kier molecular flexibility index (Phi) is 1.87. The van der Waals surface area contributed by atoms with E-state index in [2.05, 4.69) is 18.3 Å². The monoisotopic (exact) mass is 179 g/mol. The molecule has 0 spiro atoms. The van der Waals surface area contributed by atoms with Gasteiger partial charge in [0.25, 0.3) is 5.91 Å². The highest BCUT2D eigenvalue weighted by Gasteiger charge is 2.26. The zero-order valence-corrected chi connectivity index (χ0v) is 7.83. The number of hydrogen-bond donors (Lipinski definition) is 1. The molecule has 1 N–H and O–H groups in total. The van der Waals surface area contributed by atoms with Gasteiger partial charge >= 0.3 is 0 Å². The third-order valence-corrected chi connectivity index (χ3v) is 2.35. The first-order chi connectivity index (χ1) is 6.16. The van der Waals surface area contributed by atoms with Crippen LogP contribution in [-0.4, -0.2) is 12.0 Å². The lowest BCUT2D eigenvalue weighted by molar-refractivity contribution is -0.130. The fraction of sp³-hybridized carbons (Fsp3) is 0.500. The van der Waals surface area contributed by atoms with E-state index in [-0.39, 0.29) is 12.0 Å². The topological polar surface area (TPSA) is 38.3 Å². The van der Waals surface area contributed by atoms with E-state index in [0.717, 1.165) is 17.9 Å². The van der Waals surface area contributed by atoms with Crippen LogP contribution in [0.15, 0.2) is 23.6 Å². The third-order valence-electron chi connectivity index (χ3n) is 2.35. The fourth-order valence-electron chi connectivity index (χ4n) is 1.56. The SMILES string of the molecule is CC1C=CC2=C(C1)NC(=O)C(C)O2. The summed E-state index contributed by atoms with van der Waals surface area (Å²) in [6.07, 6.45) is 4.55. The van der Waals surface area contributed by atoms with Gasteiger partial charge in [0.15, 0.2) is 6.10 Å². The molecule has 0 radical (unpaired) electrons. The van der Waals surface area contributed by atoms with Crippen molar-refractivity contribution >= 4 is 5.91 Å². The van der Waals surface area contributed by atoms with Crippen LogP contribution in [-0.2, 0) is 9.53 Å². The molecule has 2 unspecified atom stereocenters. The van der Waals surface area contributed by atoms with Crippen LogP contribution in [0.2, 0.25) is 0 Å². The zero-order valence-electron chi connectivity index (χ0n) is 7.83. The average molecular weight is 179 g/mol. The van der Waals surface area contributed by atoms with Crippen molar-refractivity contribution in [2.24, 2.45) is 5.92 Å². The van der Waals surface area contributed by atoms with Crippen molar-refractivity contribution in [1.82, 2.24) is 5.32 Å². The van der Waals surface area contributed by atoms with Crippen molar-refractivity contribution in [2.45, 2.75) is 26.4 Å². The van der Waals surface area contributed by atoms with E-state index in [1.807, 2.05) is 6.08 Å². The van der Waals surface area contributed by atoms with Crippen molar-refractivity contribution in [3.63, 3.8) is 0 Å². The molecular weight excluding hydrogens is 166 g/mol. The Labute approximate surface area is 77.5 Å². The Morgan fingerprint density at radius 1 is 1.54 bits per heavy atom. The van der Waals surface area contributed by atoms with Gasteiger partial charge in [-0.1, -0.05) is 13.0 Å². The van der Waals surface area contributed by atoms with Crippen LogP contribution in [0.25, 0.3) is 0 Å². The molecule has 70 valence electrons. The van der Waals surface area contributed by atoms with Crippen molar-refractivity contribution in [3.8, 4) is 0 Å². The normalized spacial score (nSPS) is 32.3. The van der Waals surface area contributed by atoms with Crippen molar-refractivity contribution in [3.05, 3.63) is 23.6 Å². The quantitative estimate of drug-likeness (QED) is 0.609. The molecule has 2 atom stereocenters. The van der Waals surface area contributed by atoms with E-state index in [1.54, 1.807) is 6.92 Å². The highest BCUT2D eigenvalue weighted by molar-refractivity contribution is 5.83. The van der Waals surface area contributed by atoms with Crippen LogP contribution in [0, 0.1) is 5.92 Å². The molecule has 0 aromatic rings. The van der Waals surface area contributed by atoms with Gasteiger partial charge in [-0.2, -0.15) is 0 Å². The van der Waals surface area contributed by atoms with E-state index < -0.39 is 0 Å². The fourth-order valence-corrected chi connectivity index (χ4v) is 1.56. The standard InChI is InChI=1S/C10H13NO2/c1-6-3-4-9-8(5-6)11-10(12)7(2)13-9/h3-4,6-7H,5H2,1-2H3,(H,11,12). The number of amides is 1. The van der Waals surface area contributed by atoms with Crippen LogP contribution < -0.4 is 5.32 Å². The van der Waals surface area contributed by atoms with Gasteiger partial charge in [-0.25, -0.2) is 0 Å². The first-order valence-electron chi connectivity index (χ1n) is 4.55. The number of ether oxygens (including phenoxy) is 1. The predicted molar refractivity (Wildman–Crippen MR) is 48.6 cm³/mol. The van der Waals surface area contributed by atoms with Gasteiger partial charge in [0.1, 0.15) is 5.76 Å². The van der Waals surface area contributed by atoms with Gasteiger partial charge in [-0.05, 0) is 25.3 Å². The highest BCUT2D eigenvalue weighted by Crippen LogP contribution is 2.25. The summed E-state index contributed by atoms with van der Waals surface area (Å²) < 4.78 is 5.43. The van der Waals surface area contributed by atoms with E-state index >= 15 is 0 Å². The minimum Gasteiger partial charge on any atom is -0.479 e. The van der Waals surface area contributed by atoms with Gasteiger partial charge < -0.3 is 10.1 Å². The summed E-state index contributed by atoms with van der Waals surface area (Å²) in [5, 5.41) is 2.86. The maximum Gasteiger partial charge on any atom is 0.265 e. The molecule has 1 aliphatic carbocycles. The van der Waals surface area contributed by atoms with E-state index in [1.165, 1.54) is 0 Å². The molecular formula is C10H13NO2. The van der Waals surface area contributed by atoms with E-state index in [9.17, 15) is 4.79 Å². The second-order valence-corrected chi connectivity index (χ2v) is 3.63. The molecule has 0 aromatic carbocycles. The van der Waals surface area contributed by atoms with Crippen LogP contribution in [0.4, 0.5) is 0 Å². The summed E-state index contributed by atoms with van der Waals surface area (Å²) >= 11 is 0. The van der Waals surface area contributed by atoms with Crippen LogP contribution in [0.1, 0.15) is 20.3 Å². The Morgan fingerprint density at radius 2 is 2.31 bits per heavy atom. The maximum absolute atomic E-state index is 11.3. The lowest BCUT2D eigenvalue weighted by atomic mass is 9.98. The minimum atomic E-state index is -0.364. The first-order valence-corrected chi connectivity index (χ1v) is 4.55. The molecule has 2 rings (SSSR count). The smallest absolute Gasteiger partial charge is 0.265 e. The van der Waals surface area contributed by atoms with Gasteiger partial charge in [-0.15, -0.1) is 0 Å². The predicted octanol–water partition coefficient (Wildman–Crippen LogP) is 1.33. The zero-order chi connectivity index (χ0) is 9.42. The van der Waals surface area contributed by atoms with Crippen LogP contribution in [0.5, 0.6) is 0 Å². The first kappa shape index (κ1) is 8.35. The molecule has 1 amide bonds. The number of hydrogen-bond acceptors (Lipinski definition) is 2. The Balaban J connectivity index is 2.25. The van der Waals surface area contributed by atoms with Gasteiger partial charge in [-0.3, -0.25) is 4.79 Å². The second kappa shape index (κ2) is 2.91. The molecule has 1 aliphatic heterocycles. The number of carbonyl (C=O) groups is 1. The minimum absolute atomic E-state index is 0.0405. The molecule has 0 bridgehead atoms. The van der Waals surface area contributed by atoms with E-state index in [0.29, 0.717) is 5.92 Å². The lowest BCUT2D eigenvalue weighted by Crippen LogP contribution is -2.40. The second-order valence-electron chi connectivity index (χ2n) is 3.63. The number of rotatable bonds is 0. The van der Waals surface area contributed by atoms with Gasteiger partial charge in [0.2, 0.25) is 0 Å². The molecule has 0 fully saturated rings. The van der Waals surface area contributed by atoms with Gasteiger partial charge in [0.05, 0.1) is 5.70 Å². The molecule has 0 saturated heterocycles. The van der Waals surface area contributed by atoms with E-state index in [4.69, 9.17) is 4.74 Å². The summed E-state index contributed by atoms with van der Waals surface area (Å²) in [5.74, 6) is 1.27. The molecule has 0 aromatic heterocycles. The molecule has 13 heavy (non-hydrogen) atoms. The molecule has 3 nitrogen and oxygen atoms in total. The molecule has 1 heterocycles. The van der Waals surface area contributed by atoms with Crippen LogP contribution >= 0.6 is 0 Å². The summed E-state index contributed by atoms with van der Waals surface area (Å²) in [5.41, 5.74) is 0.929. The van der Waals surface area contributed by atoms with Crippen molar-refractivity contribution < 1.29 is 9.53 Å². The summed E-state index contributed by atoms with van der Waals surface area (Å²) in [6, 6.07) is 0. The highest BCUT2D eigenvalue weighted by atomic mass is 16.5.